The van der Waals surface area contributed by atoms with Crippen molar-refractivity contribution >= 4 is 11.5 Å². The van der Waals surface area contributed by atoms with Gasteiger partial charge >= 0.3 is 0 Å². The number of azo groups is 1. The maximum Gasteiger partial charge on any atom is 0.216 e. The van der Waals surface area contributed by atoms with Crippen LogP contribution in [-0.2, 0) is 0 Å². The van der Waals surface area contributed by atoms with Crippen molar-refractivity contribution in [2.75, 3.05) is 0 Å². The standard InChI is InChI=1S/C16H14N2O2/c1-12-7-9-14(10-8-12)17-18-15(11-19)16(20)13-5-3-2-4-6-13/h2-11,19H,1H3/b15-11+,18-17?. The number of Topliss-reactive ketones (excluding diaryl/α,β-unsaturated/α-hetero) is 1. The third-order valence-electron chi connectivity index (χ3n) is 2.70. The second-order valence-corrected chi connectivity index (χ2v) is 4.25. The monoisotopic (exact) mass is 266 g/mol. The van der Waals surface area contributed by atoms with E-state index in [1.54, 1.807) is 36.4 Å². The summed E-state index contributed by atoms with van der Waals surface area (Å²) in [7, 11) is 0. The minimum absolute atomic E-state index is 0.100. The Kier molecular flexibility index (Phi) is 4.39. The van der Waals surface area contributed by atoms with Gasteiger partial charge in [0.15, 0.2) is 5.70 Å². The van der Waals surface area contributed by atoms with E-state index >= 15 is 0 Å². The lowest BCUT2D eigenvalue weighted by Gasteiger charge is -1.99. The van der Waals surface area contributed by atoms with Crippen molar-refractivity contribution in [3.05, 3.63) is 77.7 Å². The van der Waals surface area contributed by atoms with E-state index in [0.717, 1.165) is 5.56 Å². The van der Waals surface area contributed by atoms with Crippen molar-refractivity contribution in [1.82, 2.24) is 0 Å². The molecule has 0 radical (unpaired) electrons. The fourth-order valence-electron chi connectivity index (χ4n) is 1.59. The third-order valence-corrected chi connectivity index (χ3v) is 2.70. The number of allylic oxidation sites excluding steroid dienone is 1. The number of nitrogens with zero attached hydrogens (tertiary/aromatic N) is 2. The fraction of sp³-hybridized carbons (Fsp3) is 0.0625. The van der Waals surface area contributed by atoms with Crippen molar-refractivity contribution in [1.29, 1.82) is 0 Å². The lowest BCUT2D eigenvalue weighted by atomic mass is 10.1. The Balaban J connectivity index is 2.18. The molecular weight excluding hydrogens is 252 g/mol. The van der Waals surface area contributed by atoms with E-state index in [1.807, 2.05) is 25.1 Å². The number of hydrogen-bond donors (Lipinski definition) is 1. The van der Waals surface area contributed by atoms with Gasteiger partial charge in [0.25, 0.3) is 0 Å². The zero-order valence-corrected chi connectivity index (χ0v) is 11.0. The van der Waals surface area contributed by atoms with Crippen LogP contribution in [0.25, 0.3) is 0 Å². The number of aryl methyl sites for hydroxylation is 1. The Morgan fingerprint density at radius 1 is 1.05 bits per heavy atom. The van der Waals surface area contributed by atoms with E-state index < -0.39 is 0 Å². The van der Waals surface area contributed by atoms with Crippen molar-refractivity contribution in [2.24, 2.45) is 10.2 Å². The lowest BCUT2D eigenvalue weighted by Crippen LogP contribution is -2.00. The second-order valence-electron chi connectivity index (χ2n) is 4.25. The molecule has 20 heavy (non-hydrogen) atoms. The molecule has 0 amide bonds. The Morgan fingerprint density at radius 3 is 2.30 bits per heavy atom. The minimum atomic E-state index is -0.371. The summed E-state index contributed by atoms with van der Waals surface area (Å²) in [6, 6.07) is 16.0. The molecule has 0 spiro atoms. The van der Waals surface area contributed by atoms with E-state index in [1.165, 1.54) is 0 Å². The smallest absolute Gasteiger partial charge is 0.216 e. The summed E-state index contributed by atoms with van der Waals surface area (Å²) in [5.74, 6) is -0.371. The average molecular weight is 266 g/mol. The number of aliphatic hydroxyl groups is 1. The van der Waals surface area contributed by atoms with E-state index in [-0.39, 0.29) is 11.5 Å². The first kappa shape index (κ1) is 13.7. The highest BCUT2D eigenvalue weighted by Gasteiger charge is 2.11. The quantitative estimate of drug-likeness (QED) is 0.387. The largest absolute Gasteiger partial charge is 0.513 e. The summed E-state index contributed by atoms with van der Waals surface area (Å²) in [6.45, 7) is 1.97. The molecule has 0 fully saturated rings. The van der Waals surface area contributed by atoms with Crippen LogP contribution in [0.1, 0.15) is 15.9 Å². The SMILES string of the molecule is Cc1ccc(N=N/C(=C/O)C(=O)c2ccccc2)cc1. The van der Waals surface area contributed by atoms with Gasteiger partial charge in [0.1, 0.15) is 6.26 Å². The Morgan fingerprint density at radius 2 is 1.70 bits per heavy atom. The van der Waals surface area contributed by atoms with Crippen molar-refractivity contribution in [3.8, 4) is 0 Å². The van der Waals surface area contributed by atoms with Crippen LogP contribution >= 0.6 is 0 Å². The van der Waals surface area contributed by atoms with Crippen molar-refractivity contribution in [3.63, 3.8) is 0 Å². The molecule has 0 aliphatic rings. The number of carbonyl (C=O) groups is 1. The summed E-state index contributed by atoms with van der Waals surface area (Å²) in [5.41, 5.74) is 2.09. The van der Waals surface area contributed by atoms with Gasteiger partial charge in [-0.2, -0.15) is 5.11 Å². The topological polar surface area (TPSA) is 62.0 Å². The summed E-state index contributed by atoms with van der Waals surface area (Å²) in [5, 5.41) is 16.9. The van der Waals surface area contributed by atoms with E-state index in [4.69, 9.17) is 5.11 Å². The molecule has 1 N–H and O–H groups in total. The molecule has 0 heterocycles. The van der Waals surface area contributed by atoms with Gasteiger partial charge in [0.05, 0.1) is 5.69 Å². The summed E-state index contributed by atoms with van der Waals surface area (Å²) < 4.78 is 0. The lowest BCUT2D eigenvalue weighted by molar-refractivity contribution is 0.102. The van der Waals surface area contributed by atoms with Crippen molar-refractivity contribution in [2.45, 2.75) is 6.92 Å². The molecule has 2 aromatic rings. The zero-order valence-electron chi connectivity index (χ0n) is 11.0. The average Bonchev–Trinajstić information content (AvgIpc) is 2.50. The molecule has 4 nitrogen and oxygen atoms in total. The number of benzene rings is 2. The van der Waals surface area contributed by atoms with Crippen LogP contribution in [0.5, 0.6) is 0 Å². The molecule has 2 rings (SSSR count). The zero-order chi connectivity index (χ0) is 14.4. The highest BCUT2D eigenvalue weighted by Crippen LogP contribution is 2.16. The first-order valence-corrected chi connectivity index (χ1v) is 6.13. The molecule has 0 saturated heterocycles. The molecule has 2 aromatic carbocycles. The number of aliphatic hydroxyl groups excluding tert-OH is 1. The first-order chi connectivity index (χ1) is 9.70. The van der Waals surface area contributed by atoms with Crippen LogP contribution < -0.4 is 0 Å². The Bertz CT molecular complexity index is 644. The minimum Gasteiger partial charge on any atom is -0.513 e. The van der Waals surface area contributed by atoms with Gasteiger partial charge in [0.2, 0.25) is 5.78 Å². The van der Waals surface area contributed by atoms with Gasteiger partial charge in [-0.05, 0) is 19.1 Å². The molecule has 100 valence electrons. The van der Waals surface area contributed by atoms with Gasteiger partial charge in [0, 0.05) is 5.56 Å². The maximum absolute atomic E-state index is 12.1. The highest BCUT2D eigenvalue weighted by atomic mass is 16.2. The first-order valence-electron chi connectivity index (χ1n) is 6.13. The molecule has 0 aromatic heterocycles. The van der Waals surface area contributed by atoms with Crippen LogP contribution in [0.15, 0.2) is 76.8 Å². The van der Waals surface area contributed by atoms with Crippen LogP contribution in [-0.4, -0.2) is 10.9 Å². The molecule has 0 saturated carbocycles. The van der Waals surface area contributed by atoms with Gasteiger partial charge in [-0.1, -0.05) is 48.0 Å². The predicted octanol–water partition coefficient (Wildman–Crippen LogP) is 4.36. The Hall–Kier alpha value is -2.75. The molecule has 0 atom stereocenters. The Labute approximate surface area is 117 Å². The van der Waals surface area contributed by atoms with E-state index in [9.17, 15) is 4.79 Å². The normalized spacial score (nSPS) is 11.8. The van der Waals surface area contributed by atoms with Crippen molar-refractivity contribution < 1.29 is 9.90 Å². The second kappa shape index (κ2) is 6.43. The van der Waals surface area contributed by atoms with Crippen LogP contribution in [0.2, 0.25) is 0 Å². The molecule has 0 aliphatic carbocycles. The summed E-state index contributed by atoms with van der Waals surface area (Å²) >= 11 is 0. The predicted molar refractivity (Wildman–Crippen MR) is 77.2 cm³/mol. The molecular formula is C16H14N2O2. The number of rotatable bonds is 4. The van der Waals surface area contributed by atoms with Crippen LogP contribution in [0, 0.1) is 6.92 Å². The maximum atomic E-state index is 12.1. The molecule has 4 heteroatoms. The van der Waals surface area contributed by atoms with Crippen LogP contribution in [0.3, 0.4) is 0 Å². The third kappa shape index (κ3) is 3.38. The number of carbonyl (C=O) groups excluding carboxylic acids is 1. The van der Waals surface area contributed by atoms with E-state index in [0.29, 0.717) is 17.5 Å². The summed E-state index contributed by atoms with van der Waals surface area (Å²) in [6.07, 6.45) is 0.674. The molecule has 0 unspecified atom stereocenters. The fourth-order valence-corrected chi connectivity index (χ4v) is 1.59. The highest BCUT2D eigenvalue weighted by molar-refractivity contribution is 6.08. The van der Waals surface area contributed by atoms with E-state index in [2.05, 4.69) is 10.2 Å². The van der Waals surface area contributed by atoms with Gasteiger partial charge in [-0.3, -0.25) is 4.79 Å². The van der Waals surface area contributed by atoms with Gasteiger partial charge < -0.3 is 5.11 Å². The molecule has 0 aliphatic heterocycles. The summed E-state index contributed by atoms with van der Waals surface area (Å²) in [4.78, 5) is 12.1. The van der Waals surface area contributed by atoms with Gasteiger partial charge in [-0.15, -0.1) is 5.11 Å². The van der Waals surface area contributed by atoms with Crippen LogP contribution in [0.4, 0.5) is 5.69 Å². The molecule has 0 bridgehead atoms. The number of ketones is 1. The van der Waals surface area contributed by atoms with Gasteiger partial charge in [-0.25, -0.2) is 0 Å². The number of hydrogen-bond acceptors (Lipinski definition) is 4.